The van der Waals surface area contributed by atoms with Gasteiger partial charge in [0, 0.05) is 12.2 Å². The highest BCUT2D eigenvalue weighted by Gasteiger charge is 2.28. The van der Waals surface area contributed by atoms with Crippen LogP contribution in [0.4, 0.5) is 0 Å². The number of aliphatic carboxylic acids is 2. The van der Waals surface area contributed by atoms with Crippen molar-refractivity contribution in [1.82, 2.24) is 4.90 Å². The van der Waals surface area contributed by atoms with Gasteiger partial charge < -0.3 is 10.2 Å². The first kappa shape index (κ1) is 17.6. The molecule has 0 fully saturated rings. The Morgan fingerprint density at radius 3 is 2.33 bits per heavy atom. The van der Waals surface area contributed by atoms with Crippen molar-refractivity contribution in [2.75, 3.05) is 24.8 Å². The van der Waals surface area contributed by atoms with E-state index in [4.69, 9.17) is 5.11 Å². The SMILES string of the molecule is CCSC(CSC)N(C)C(CCC(=O)O)C(=O)O. The molecule has 0 rings (SSSR count). The first-order valence-electron chi connectivity index (χ1n) is 5.71. The van der Waals surface area contributed by atoms with Gasteiger partial charge in [-0.1, -0.05) is 6.92 Å². The molecule has 0 saturated carbocycles. The zero-order valence-corrected chi connectivity index (χ0v) is 12.6. The number of carboxylic acids is 2. The molecule has 7 heteroatoms. The van der Waals surface area contributed by atoms with Crippen LogP contribution in [0.3, 0.4) is 0 Å². The summed E-state index contributed by atoms with van der Waals surface area (Å²) in [7, 11) is 1.75. The topological polar surface area (TPSA) is 77.8 Å². The lowest BCUT2D eigenvalue weighted by Gasteiger charge is -2.31. The average Bonchev–Trinajstić information content (AvgIpc) is 2.27. The third kappa shape index (κ3) is 6.51. The van der Waals surface area contributed by atoms with Crippen LogP contribution in [0, 0.1) is 0 Å². The summed E-state index contributed by atoms with van der Waals surface area (Å²) in [6.45, 7) is 2.03. The van der Waals surface area contributed by atoms with Gasteiger partial charge in [-0.2, -0.15) is 11.8 Å². The van der Waals surface area contributed by atoms with Crippen molar-refractivity contribution < 1.29 is 19.8 Å². The fourth-order valence-electron chi connectivity index (χ4n) is 1.58. The van der Waals surface area contributed by atoms with Gasteiger partial charge in [0.15, 0.2) is 0 Å². The maximum Gasteiger partial charge on any atom is 0.320 e. The van der Waals surface area contributed by atoms with Gasteiger partial charge in [-0.15, -0.1) is 11.8 Å². The minimum absolute atomic E-state index is 0.0971. The maximum absolute atomic E-state index is 11.2. The van der Waals surface area contributed by atoms with Crippen LogP contribution in [-0.4, -0.2) is 63.3 Å². The van der Waals surface area contributed by atoms with Crippen molar-refractivity contribution >= 4 is 35.5 Å². The highest BCUT2D eigenvalue weighted by Crippen LogP contribution is 2.22. The lowest BCUT2D eigenvalue weighted by atomic mass is 10.1. The Balaban J connectivity index is 4.63. The fraction of sp³-hybridized carbons (Fsp3) is 0.818. The molecule has 0 heterocycles. The lowest BCUT2D eigenvalue weighted by Crippen LogP contribution is -2.45. The molecule has 0 aromatic rings. The van der Waals surface area contributed by atoms with Crippen molar-refractivity contribution in [3.05, 3.63) is 0 Å². The van der Waals surface area contributed by atoms with Gasteiger partial charge in [-0.25, -0.2) is 0 Å². The Bertz CT molecular complexity index is 270. The van der Waals surface area contributed by atoms with Crippen molar-refractivity contribution in [1.29, 1.82) is 0 Å². The second-order valence-corrected chi connectivity index (χ2v) is 6.18. The van der Waals surface area contributed by atoms with E-state index in [1.54, 1.807) is 35.5 Å². The van der Waals surface area contributed by atoms with Crippen LogP contribution >= 0.6 is 23.5 Å². The largest absolute Gasteiger partial charge is 0.481 e. The van der Waals surface area contributed by atoms with Gasteiger partial charge in [-0.05, 0) is 25.5 Å². The van der Waals surface area contributed by atoms with Gasteiger partial charge in [0.1, 0.15) is 6.04 Å². The van der Waals surface area contributed by atoms with Crippen LogP contribution < -0.4 is 0 Å². The molecule has 2 unspecified atom stereocenters. The van der Waals surface area contributed by atoms with E-state index in [0.717, 1.165) is 11.5 Å². The number of hydrogen-bond donors (Lipinski definition) is 2. The van der Waals surface area contributed by atoms with E-state index in [2.05, 4.69) is 0 Å². The number of thioether (sulfide) groups is 2. The second kappa shape index (κ2) is 9.52. The number of likely N-dealkylation sites (N-methyl/N-ethyl adjacent to an activating group) is 1. The standard InChI is InChI=1S/C11H21NO4S2/c1-4-18-9(7-17-3)12(2)8(11(15)16)5-6-10(13)14/h8-9H,4-7H2,1-3H3,(H,13,14)(H,15,16). The van der Waals surface area contributed by atoms with Crippen LogP contribution in [0.15, 0.2) is 0 Å². The van der Waals surface area contributed by atoms with Gasteiger partial charge in [0.05, 0.1) is 5.37 Å². The molecule has 5 nitrogen and oxygen atoms in total. The number of carboxylic acid groups (broad SMARTS) is 2. The second-order valence-electron chi connectivity index (χ2n) is 3.82. The van der Waals surface area contributed by atoms with Crippen molar-refractivity contribution in [2.45, 2.75) is 31.2 Å². The van der Waals surface area contributed by atoms with E-state index in [1.165, 1.54) is 0 Å². The summed E-state index contributed by atoms with van der Waals surface area (Å²) in [5.74, 6) is -0.187. The summed E-state index contributed by atoms with van der Waals surface area (Å²) >= 11 is 3.34. The molecule has 18 heavy (non-hydrogen) atoms. The van der Waals surface area contributed by atoms with Crippen LogP contribution in [0.25, 0.3) is 0 Å². The Morgan fingerprint density at radius 2 is 1.94 bits per heavy atom. The monoisotopic (exact) mass is 295 g/mol. The van der Waals surface area contributed by atoms with E-state index < -0.39 is 18.0 Å². The van der Waals surface area contributed by atoms with E-state index in [1.807, 2.05) is 13.2 Å². The van der Waals surface area contributed by atoms with Crippen LogP contribution in [0.2, 0.25) is 0 Å². The molecular weight excluding hydrogens is 274 g/mol. The van der Waals surface area contributed by atoms with Gasteiger partial charge >= 0.3 is 11.9 Å². The molecule has 0 aliphatic rings. The number of carbonyl (C=O) groups is 2. The first-order chi connectivity index (χ1) is 8.43. The lowest BCUT2D eigenvalue weighted by molar-refractivity contribution is -0.144. The Hall–Kier alpha value is -0.400. The number of nitrogens with zero attached hydrogens (tertiary/aromatic N) is 1. The molecule has 0 saturated heterocycles. The molecule has 0 aliphatic carbocycles. The van der Waals surface area contributed by atoms with Crippen LogP contribution in [-0.2, 0) is 9.59 Å². The summed E-state index contributed by atoms with van der Waals surface area (Å²) in [5.41, 5.74) is 0. The summed E-state index contributed by atoms with van der Waals surface area (Å²) in [4.78, 5) is 23.5. The quantitative estimate of drug-likeness (QED) is 0.594. The van der Waals surface area contributed by atoms with Crippen molar-refractivity contribution in [3.8, 4) is 0 Å². The first-order valence-corrected chi connectivity index (χ1v) is 8.15. The Morgan fingerprint density at radius 1 is 1.33 bits per heavy atom. The van der Waals surface area contributed by atoms with Gasteiger partial charge in [0.2, 0.25) is 0 Å². The maximum atomic E-state index is 11.2. The van der Waals surface area contributed by atoms with Crippen LogP contribution in [0.5, 0.6) is 0 Å². The van der Waals surface area contributed by atoms with Gasteiger partial charge in [-0.3, -0.25) is 14.5 Å². The zero-order valence-electron chi connectivity index (χ0n) is 11.0. The van der Waals surface area contributed by atoms with Gasteiger partial charge in [0.25, 0.3) is 0 Å². The molecule has 0 amide bonds. The zero-order chi connectivity index (χ0) is 14.1. The summed E-state index contributed by atoms with van der Waals surface area (Å²) < 4.78 is 0. The Labute approximate surface area is 116 Å². The van der Waals surface area contributed by atoms with E-state index in [0.29, 0.717) is 0 Å². The van der Waals surface area contributed by atoms with E-state index in [-0.39, 0.29) is 18.2 Å². The summed E-state index contributed by atoms with van der Waals surface area (Å²) in [6, 6.07) is -0.739. The molecule has 2 N–H and O–H groups in total. The number of hydrogen-bond acceptors (Lipinski definition) is 5. The molecule has 0 aromatic heterocycles. The van der Waals surface area contributed by atoms with Crippen molar-refractivity contribution in [2.24, 2.45) is 0 Å². The minimum Gasteiger partial charge on any atom is -0.481 e. The summed E-state index contributed by atoms with van der Waals surface area (Å²) in [5, 5.41) is 17.9. The molecule has 0 bridgehead atoms. The van der Waals surface area contributed by atoms with E-state index >= 15 is 0 Å². The predicted molar refractivity (Wildman–Crippen MR) is 76.4 cm³/mol. The molecule has 0 spiro atoms. The predicted octanol–water partition coefficient (Wildman–Crippen LogP) is 1.68. The molecule has 106 valence electrons. The molecule has 0 aromatic carbocycles. The smallest absolute Gasteiger partial charge is 0.320 e. The molecule has 2 atom stereocenters. The normalized spacial score (nSPS) is 14.4. The Kier molecular flexibility index (Phi) is 9.31. The van der Waals surface area contributed by atoms with E-state index in [9.17, 15) is 14.7 Å². The molecular formula is C11H21NO4S2. The number of rotatable bonds is 10. The third-order valence-corrected chi connectivity index (χ3v) is 4.61. The molecule has 0 aliphatic heterocycles. The highest BCUT2D eigenvalue weighted by molar-refractivity contribution is 8.03. The highest BCUT2D eigenvalue weighted by atomic mass is 32.2. The molecule has 0 radical (unpaired) electrons. The van der Waals surface area contributed by atoms with Crippen molar-refractivity contribution in [3.63, 3.8) is 0 Å². The summed E-state index contributed by atoms with van der Waals surface area (Å²) in [6.07, 6.45) is 1.99. The third-order valence-electron chi connectivity index (χ3n) is 2.53. The fourth-order valence-corrected chi connectivity index (χ4v) is 3.66. The average molecular weight is 295 g/mol. The van der Waals surface area contributed by atoms with Crippen LogP contribution in [0.1, 0.15) is 19.8 Å². The minimum atomic E-state index is -0.959.